The maximum absolute atomic E-state index is 14.7. The predicted octanol–water partition coefficient (Wildman–Crippen LogP) is 5.58. The van der Waals surface area contributed by atoms with E-state index in [9.17, 15) is 24.3 Å². The fourth-order valence-electron chi connectivity index (χ4n) is 8.39. The van der Waals surface area contributed by atoms with Crippen LogP contribution in [0.1, 0.15) is 65.7 Å². The van der Waals surface area contributed by atoms with Gasteiger partial charge in [0.2, 0.25) is 11.8 Å². The number of carboxylic acid groups (broad SMARTS) is 1. The Bertz CT molecular complexity index is 2140. The summed E-state index contributed by atoms with van der Waals surface area (Å²) in [4.78, 5) is 65.5. The number of fused-ring (bicyclic) bond motifs is 2. The first-order chi connectivity index (χ1) is 28.2. The molecule has 17 heteroatoms. The summed E-state index contributed by atoms with van der Waals surface area (Å²) in [7, 11) is 1.57. The zero-order chi connectivity index (χ0) is 41.8. The molecule has 3 aromatic rings. The summed E-state index contributed by atoms with van der Waals surface area (Å²) in [5.41, 5.74) is -1.18. The highest BCUT2D eigenvalue weighted by molar-refractivity contribution is 6.36. The Hall–Kier alpha value is -5.09. The normalized spacial score (nSPS) is 27.4. The largest absolute Gasteiger partial charge is 0.490 e. The molecule has 1 aliphatic heterocycles. The maximum atomic E-state index is 14.7. The Labute approximate surface area is 346 Å². The molecule has 8 rings (SSSR count). The topological polar surface area (TPSA) is 204 Å². The molecule has 4 N–H and O–H groups in total. The van der Waals surface area contributed by atoms with Gasteiger partial charge in [0, 0.05) is 36.9 Å². The minimum absolute atomic E-state index is 0.00268. The number of carbonyl (C=O) groups excluding carboxylic acids is 3. The van der Waals surface area contributed by atoms with Crippen LogP contribution < -0.4 is 25.4 Å². The number of carboxylic acids is 1. The number of hydrogen-bond donors (Lipinski definition) is 4. The van der Waals surface area contributed by atoms with Crippen LogP contribution in [0.4, 0.5) is 10.8 Å². The van der Waals surface area contributed by atoms with Gasteiger partial charge < -0.3 is 49.3 Å². The monoisotopic (exact) mass is 834 g/mol. The average molecular weight is 835 g/mol. The molecular weight excluding hydrogens is 784 g/mol. The summed E-state index contributed by atoms with van der Waals surface area (Å²) in [6.45, 7) is 9.70. The SMILES string of the molecule is C=C[C@@H]1C[C@]1(NC(=O)[C@@H]1C[C@@H](Oc2cc(-c3coc(NC4CC4)n3)nc3c(Cl)c(OCCOC)ccc23)CN1C(=O)C(NC(=O)O[C@@H]1C[C@@H]2C[C@@H]2C1)C(C)(C)C)C(=O)O. The lowest BCUT2D eigenvalue weighted by molar-refractivity contribution is -0.146. The smallest absolute Gasteiger partial charge is 0.408 e. The molecule has 2 aromatic heterocycles. The van der Waals surface area contributed by atoms with Gasteiger partial charge in [-0.05, 0) is 67.9 Å². The summed E-state index contributed by atoms with van der Waals surface area (Å²) in [5.74, 6) is -0.955. The highest BCUT2D eigenvalue weighted by atomic mass is 35.5. The Morgan fingerprint density at radius 2 is 1.83 bits per heavy atom. The third-order valence-corrected chi connectivity index (χ3v) is 12.4. The van der Waals surface area contributed by atoms with Crippen molar-refractivity contribution in [3.63, 3.8) is 0 Å². The van der Waals surface area contributed by atoms with Crippen molar-refractivity contribution in [3.8, 4) is 22.9 Å². The number of nitrogens with one attached hydrogen (secondary N) is 3. The number of aliphatic carboxylic acids is 1. The number of halogens is 1. The van der Waals surface area contributed by atoms with Crippen molar-refractivity contribution >= 4 is 52.4 Å². The summed E-state index contributed by atoms with van der Waals surface area (Å²) >= 11 is 6.93. The van der Waals surface area contributed by atoms with E-state index in [-0.39, 0.29) is 37.1 Å². The maximum Gasteiger partial charge on any atom is 0.408 e. The minimum atomic E-state index is -1.54. The van der Waals surface area contributed by atoms with Gasteiger partial charge in [0.25, 0.3) is 6.01 Å². The molecule has 3 heterocycles. The van der Waals surface area contributed by atoms with Gasteiger partial charge in [-0.1, -0.05) is 38.4 Å². The Morgan fingerprint density at radius 3 is 2.49 bits per heavy atom. The van der Waals surface area contributed by atoms with Crippen LogP contribution in [0.25, 0.3) is 22.3 Å². The van der Waals surface area contributed by atoms with Crippen LogP contribution in [0.2, 0.25) is 5.02 Å². The van der Waals surface area contributed by atoms with Gasteiger partial charge >= 0.3 is 12.1 Å². The number of oxazole rings is 1. The first-order valence-electron chi connectivity index (χ1n) is 20.3. The van der Waals surface area contributed by atoms with Gasteiger partial charge in [0.1, 0.15) is 64.9 Å². The number of nitrogens with zero attached hydrogens (tertiary/aromatic N) is 3. The van der Waals surface area contributed by atoms with E-state index in [4.69, 9.17) is 39.9 Å². The van der Waals surface area contributed by atoms with E-state index in [1.165, 1.54) is 17.2 Å². The lowest BCUT2D eigenvalue weighted by Gasteiger charge is -2.35. The van der Waals surface area contributed by atoms with Gasteiger partial charge in [-0.15, -0.1) is 6.58 Å². The number of anilines is 1. The van der Waals surface area contributed by atoms with Gasteiger partial charge in [-0.25, -0.2) is 14.6 Å². The number of rotatable bonds is 16. The number of pyridine rings is 1. The van der Waals surface area contributed by atoms with Crippen molar-refractivity contribution in [2.24, 2.45) is 23.2 Å². The number of carbonyl (C=O) groups is 4. The summed E-state index contributed by atoms with van der Waals surface area (Å²) in [5, 5.41) is 19.7. The molecule has 3 amide bonds. The van der Waals surface area contributed by atoms with Crippen molar-refractivity contribution in [2.75, 3.05) is 32.2 Å². The second-order valence-electron chi connectivity index (χ2n) is 17.6. The molecule has 8 atom stereocenters. The molecule has 0 bridgehead atoms. The molecule has 5 fully saturated rings. The third kappa shape index (κ3) is 8.51. The first kappa shape index (κ1) is 40.7. The number of amides is 3. The fraction of sp³-hybridized carbons (Fsp3) is 0.571. The number of methoxy groups -OCH3 is 1. The van der Waals surface area contributed by atoms with Gasteiger partial charge in [0.05, 0.1) is 24.4 Å². The molecule has 316 valence electrons. The molecular formula is C42H51ClN6O10. The van der Waals surface area contributed by atoms with Crippen molar-refractivity contribution in [1.29, 1.82) is 0 Å². The molecule has 4 saturated carbocycles. The van der Waals surface area contributed by atoms with E-state index in [0.29, 0.717) is 64.3 Å². The molecule has 0 spiro atoms. The second-order valence-corrected chi connectivity index (χ2v) is 17.9. The summed E-state index contributed by atoms with van der Waals surface area (Å²) in [6, 6.07) is 3.57. The highest BCUT2D eigenvalue weighted by Gasteiger charge is 2.61. The highest BCUT2D eigenvalue weighted by Crippen LogP contribution is 2.52. The average Bonchev–Trinajstić information content (AvgIpc) is 4.14. The molecule has 1 saturated heterocycles. The van der Waals surface area contributed by atoms with Crippen LogP contribution in [0.15, 0.2) is 41.5 Å². The van der Waals surface area contributed by atoms with E-state index in [2.05, 4.69) is 27.5 Å². The molecule has 1 unspecified atom stereocenters. The van der Waals surface area contributed by atoms with Crippen LogP contribution in [-0.4, -0.2) is 107 Å². The van der Waals surface area contributed by atoms with Gasteiger partial charge in [-0.3, -0.25) is 9.59 Å². The standard InChI is InChI=1S/C42H51ClN6O10/c1-6-23-18-42(23,38(52)53)48-36(50)30-16-26(19-49(30)37(51)35(41(2,3)4)47-40(54)59-25-14-21-13-22(21)15-25)58-32-17-28(29-20-57-39(46-29)44-24-7-8-24)45-34-27(32)9-10-31(33(34)43)56-12-11-55-5/h6,9-10,17,20-26,30,35H,1,7-8,11-16,18-19H2,2-5H3,(H,44,46)(H,47,54)(H,48,50)(H,52,53)/t21-,22+,23-,25+,26-,30+,35?,42-/m1/s1. The lowest BCUT2D eigenvalue weighted by atomic mass is 9.85. The zero-order valence-electron chi connectivity index (χ0n) is 33.6. The van der Waals surface area contributed by atoms with Gasteiger partial charge in [0.15, 0.2) is 0 Å². The molecule has 5 aliphatic rings. The minimum Gasteiger partial charge on any atom is -0.490 e. The summed E-state index contributed by atoms with van der Waals surface area (Å²) < 4.78 is 29.2. The zero-order valence-corrected chi connectivity index (χ0v) is 34.4. The number of hydrogen-bond acceptors (Lipinski definition) is 12. The molecule has 4 aliphatic carbocycles. The number of benzene rings is 1. The quantitative estimate of drug-likeness (QED) is 0.103. The van der Waals surface area contributed by atoms with E-state index in [1.54, 1.807) is 25.3 Å². The fourth-order valence-corrected chi connectivity index (χ4v) is 8.65. The molecule has 1 aromatic carbocycles. The number of aromatic nitrogens is 2. The van der Waals surface area contributed by atoms with Crippen molar-refractivity contribution in [3.05, 3.63) is 42.1 Å². The van der Waals surface area contributed by atoms with Crippen molar-refractivity contribution in [2.45, 2.75) is 102 Å². The van der Waals surface area contributed by atoms with Gasteiger partial charge in [-0.2, -0.15) is 4.98 Å². The molecule has 0 radical (unpaired) electrons. The lowest BCUT2D eigenvalue weighted by Crippen LogP contribution is -2.59. The molecule has 16 nitrogen and oxygen atoms in total. The van der Waals surface area contributed by atoms with E-state index >= 15 is 0 Å². The Morgan fingerprint density at radius 1 is 1.07 bits per heavy atom. The predicted molar refractivity (Wildman–Crippen MR) is 215 cm³/mol. The van der Waals surface area contributed by atoms with Crippen molar-refractivity contribution < 1.29 is 47.6 Å². The van der Waals surface area contributed by atoms with E-state index in [0.717, 1.165) is 32.1 Å². The second kappa shape index (κ2) is 15.8. The van der Waals surface area contributed by atoms with Crippen LogP contribution >= 0.6 is 11.6 Å². The van der Waals surface area contributed by atoms with E-state index < -0.39 is 58.9 Å². The van der Waals surface area contributed by atoms with Crippen LogP contribution in [-0.2, 0) is 23.9 Å². The number of likely N-dealkylation sites (tertiary alicyclic amines) is 1. The van der Waals surface area contributed by atoms with Crippen molar-refractivity contribution in [1.82, 2.24) is 25.5 Å². The third-order valence-electron chi connectivity index (χ3n) is 12.1. The van der Waals surface area contributed by atoms with Crippen LogP contribution in [0.3, 0.4) is 0 Å². The number of alkyl carbamates (subject to hydrolysis) is 1. The van der Waals surface area contributed by atoms with E-state index in [1.807, 2.05) is 20.8 Å². The number of ether oxygens (including phenoxy) is 4. The summed E-state index contributed by atoms with van der Waals surface area (Å²) in [6.07, 6.45) is 6.31. The Balaban J connectivity index is 1.10. The first-order valence-corrected chi connectivity index (χ1v) is 20.6. The van der Waals surface area contributed by atoms with Crippen LogP contribution in [0, 0.1) is 23.2 Å². The molecule has 59 heavy (non-hydrogen) atoms. The van der Waals surface area contributed by atoms with Crippen LogP contribution in [0.5, 0.6) is 11.5 Å². The Kier molecular flexibility index (Phi) is 10.9.